The van der Waals surface area contributed by atoms with Crippen molar-refractivity contribution in [1.82, 2.24) is 14.2 Å². The number of sulfonamides is 1. The highest BCUT2D eigenvalue weighted by Crippen LogP contribution is 2.33. The SMILES string of the molecule is N[C@H]1CCCN(C2CC(=O)N(c3ccc(S(=O)(=O)N4CCN(c5cc(C(F)(F)F)cc(Cl)n5)CC4)cc3)C2)C1. The minimum atomic E-state index is -4.57. The number of benzene rings is 1. The molecule has 3 fully saturated rings. The van der Waals surface area contributed by atoms with Crippen LogP contribution in [0.1, 0.15) is 24.8 Å². The highest BCUT2D eigenvalue weighted by Gasteiger charge is 2.37. The number of piperazine rings is 1. The molecule has 14 heteroatoms. The van der Waals surface area contributed by atoms with E-state index < -0.39 is 21.8 Å². The van der Waals surface area contributed by atoms with Crippen molar-refractivity contribution in [1.29, 1.82) is 0 Å². The summed E-state index contributed by atoms with van der Waals surface area (Å²) in [7, 11) is -3.84. The summed E-state index contributed by atoms with van der Waals surface area (Å²) in [4.78, 5) is 22.4. The van der Waals surface area contributed by atoms with Gasteiger partial charge in [-0.15, -0.1) is 0 Å². The number of carbonyl (C=O) groups excluding carboxylic acids is 1. The van der Waals surface area contributed by atoms with E-state index in [2.05, 4.69) is 9.88 Å². The Balaban J connectivity index is 1.23. The summed E-state index contributed by atoms with van der Waals surface area (Å²) in [5.41, 5.74) is 5.84. The van der Waals surface area contributed by atoms with E-state index in [1.807, 2.05) is 0 Å². The van der Waals surface area contributed by atoms with E-state index in [0.29, 0.717) is 18.7 Å². The molecule has 0 radical (unpaired) electrons. The molecule has 3 aliphatic rings. The van der Waals surface area contributed by atoms with Gasteiger partial charge in [-0.3, -0.25) is 9.69 Å². The van der Waals surface area contributed by atoms with E-state index in [1.165, 1.54) is 16.4 Å². The van der Waals surface area contributed by atoms with E-state index >= 15 is 0 Å². The molecule has 0 aliphatic carbocycles. The average molecular weight is 587 g/mol. The Bertz CT molecular complexity index is 1320. The van der Waals surface area contributed by atoms with Gasteiger partial charge in [-0.1, -0.05) is 11.6 Å². The van der Waals surface area contributed by atoms with Gasteiger partial charge in [-0.2, -0.15) is 17.5 Å². The smallest absolute Gasteiger partial charge is 0.354 e. The number of amides is 1. The first-order valence-corrected chi connectivity index (χ1v) is 14.6. The molecule has 39 heavy (non-hydrogen) atoms. The molecule has 1 amide bonds. The molecule has 1 aromatic heterocycles. The van der Waals surface area contributed by atoms with Crippen molar-refractivity contribution in [2.75, 3.05) is 55.6 Å². The van der Waals surface area contributed by atoms with Crippen LogP contribution in [0, 0.1) is 0 Å². The maximum Gasteiger partial charge on any atom is 0.416 e. The van der Waals surface area contributed by atoms with Crippen molar-refractivity contribution in [2.45, 2.75) is 42.4 Å². The number of likely N-dealkylation sites (tertiary alicyclic amines) is 1. The molecule has 2 atom stereocenters. The highest BCUT2D eigenvalue weighted by atomic mass is 35.5. The normalized spacial score (nSPS) is 24.0. The van der Waals surface area contributed by atoms with Gasteiger partial charge in [0.2, 0.25) is 15.9 Å². The standard InChI is InChI=1S/C25H30ClF3N6O3S/c26-22-12-17(25(27,28)29)13-23(31-22)32-8-10-34(11-9-32)39(37,38)21-5-3-19(4-6-21)35-16-20(14-24(35)36)33-7-1-2-18(30)15-33/h3-6,12-13,18,20H,1-2,7-11,14-16,30H2/t18-,20?/m0/s1. The highest BCUT2D eigenvalue weighted by molar-refractivity contribution is 7.89. The molecular formula is C25H30ClF3N6O3S. The molecule has 4 heterocycles. The predicted molar refractivity (Wildman–Crippen MR) is 141 cm³/mol. The third kappa shape index (κ3) is 6.02. The van der Waals surface area contributed by atoms with E-state index in [9.17, 15) is 26.4 Å². The van der Waals surface area contributed by atoms with Crippen LogP contribution in [0.15, 0.2) is 41.3 Å². The summed E-state index contributed by atoms with van der Waals surface area (Å²) in [6, 6.07) is 8.14. The molecule has 5 rings (SSSR count). The van der Waals surface area contributed by atoms with Gasteiger partial charge < -0.3 is 15.5 Å². The van der Waals surface area contributed by atoms with Gasteiger partial charge in [0.25, 0.3) is 0 Å². The number of nitrogens with zero attached hydrogens (tertiary/aromatic N) is 5. The second-order valence-electron chi connectivity index (χ2n) is 10.2. The molecule has 2 aromatic rings. The summed E-state index contributed by atoms with van der Waals surface area (Å²) in [6.07, 6.45) is -2.16. The molecule has 0 saturated carbocycles. The van der Waals surface area contributed by atoms with Crippen molar-refractivity contribution in [2.24, 2.45) is 5.73 Å². The first-order chi connectivity index (χ1) is 18.4. The van der Waals surface area contributed by atoms with Crippen LogP contribution in [0.4, 0.5) is 24.7 Å². The Labute approximate surface area is 230 Å². The van der Waals surface area contributed by atoms with Gasteiger partial charge >= 0.3 is 6.18 Å². The van der Waals surface area contributed by atoms with Crippen LogP contribution >= 0.6 is 11.6 Å². The summed E-state index contributed by atoms with van der Waals surface area (Å²) in [5.74, 6) is 0.0468. The van der Waals surface area contributed by atoms with Crippen molar-refractivity contribution >= 4 is 39.0 Å². The lowest BCUT2D eigenvalue weighted by atomic mass is 10.0. The molecule has 3 aliphatic heterocycles. The number of hydrogen-bond donors (Lipinski definition) is 1. The number of halogens is 4. The van der Waals surface area contributed by atoms with E-state index in [-0.39, 0.29) is 60.0 Å². The molecule has 3 saturated heterocycles. The summed E-state index contributed by atoms with van der Waals surface area (Å²) >= 11 is 5.80. The fraction of sp³-hybridized carbons (Fsp3) is 0.520. The number of rotatable bonds is 5. The Kier molecular flexibility index (Phi) is 7.81. The molecule has 1 unspecified atom stereocenters. The number of alkyl halides is 3. The zero-order chi connectivity index (χ0) is 27.9. The maximum atomic E-state index is 13.3. The number of anilines is 2. The lowest BCUT2D eigenvalue weighted by Gasteiger charge is -2.35. The molecule has 1 aromatic carbocycles. The molecule has 0 spiro atoms. The molecule has 212 valence electrons. The minimum absolute atomic E-state index is 0.00539. The topological polar surface area (TPSA) is 103 Å². The quantitative estimate of drug-likeness (QED) is 0.538. The van der Waals surface area contributed by atoms with Crippen LogP contribution in [0.5, 0.6) is 0 Å². The Morgan fingerprint density at radius 2 is 1.69 bits per heavy atom. The summed E-state index contributed by atoms with van der Waals surface area (Å²) in [5, 5.41) is -0.280. The Morgan fingerprint density at radius 3 is 2.33 bits per heavy atom. The van der Waals surface area contributed by atoms with Crippen molar-refractivity contribution < 1.29 is 26.4 Å². The van der Waals surface area contributed by atoms with Crippen molar-refractivity contribution in [3.8, 4) is 0 Å². The lowest BCUT2D eigenvalue weighted by Crippen LogP contribution is -2.49. The number of hydrogen-bond acceptors (Lipinski definition) is 7. The third-order valence-corrected chi connectivity index (χ3v) is 9.67. The van der Waals surface area contributed by atoms with Crippen molar-refractivity contribution in [3.63, 3.8) is 0 Å². The second-order valence-corrected chi connectivity index (χ2v) is 12.5. The second kappa shape index (κ2) is 10.8. The van der Waals surface area contributed by atoms with Crippen LogP contribution in [0.25, 0.3) is 0 Å². The molecular weight excluding hydrogens is 557 g/mol. The summed E-state index contributed by atoms with van der Waals surface area (Å²) < 4.78 is 67.4. The van der Waals surface area contributed by atoms with Crippen LogP contribution in [-0.4, -0.2) is 86.4 Å². The van der Waals surface area contributed by atoms with Crippen LogP contribution in [0.3, 0.4) is 0 Å². The first kappa shape index (κ1) is 28.1. The molecule has 2 N–H and O–H groups in total. The number of piperidine rings is 1. The van der Waals surface area contributed by atoms with E-state index in [1.54, 1.807) is 21.9 Å². The lowest BCUT2D eigenvalue weighted by molar-refractivity contribution is -0.137. The third-order valence-electron chi connectivity index (χ3n) is 7.57. The van der Waals surface area contributed by atoms with Crippen molar-refractivity contribution in [3.05, 3.63) is 47.1 Å². The number of aromatic nitrogens is 1. The zero-order valence-corrected chi connectivity index (χ0v) is 22.7. The van der Waals surface area contributed by atoms with Crippen LogP contribution in [-0.2, 0) is 21.0 Å². The van der Waals surface area contributed by atoms with Gasteiger partial charge in [-0.05, 0) is 55.8 Å². The van der Waals surface area contributed by atoms with E-state index in [4.69, 9.17) is 17.3 Å². The predicted octanol–water partition coefficient (Wildman–Crippen LogP) is 2.79. The van der Waals surface area contributed by atoms with Gasteiger partial charge in [0.05, 0.1) is 10.5 Å². The monoisotopic (exact) mass is 586 g/mol. The molecule has 0 bridgehead atoms. The van der Waals surface area contributed by atoms with Crippen LogP contribution < -0.4 is 15.5 Å². The summed E-state index contributed by atoms with van der Waals surface area (Å²) in [6.45, 7) is 2.69. The fourth-order valence-corrected chi connectivity index (χ4v) is 7.09. The van der Waals surface area contributed by atoms with E-state index in [0.717, 1.165) is 38.1 Å². The van der Waals surface area contributed by atoms with Gasteiger partial charge in [0, 0.05) is 63.5 Å². The number of pyridine rings is 1. The average Bonchev–Trinajstić information content (AvgIpc) is 3.29. The largest absolute Gasteiger partial charge is 0.416 e. The number of carbonyl (C=O) groups is 1. The number of nitrogens with two attached hydrogens (primary N) is 1. The Morgan fingerprint density at radius 1 is 1.00 bits per heavy atom. The Hall–Kier alpha value is -2.45. The van der Waals surface area contributed by atoms with Gasteiger partial charge in [-0.25, -0.2) is 13.4 Å². The maximum absolute atomic E-state index is 13.3. The fourth-order valence-electron chi connectivity index (χ4n) is 5.47. The van der Waals surface area contributed by atoms with Gasteiger partial charge in [0.15, 0.2) is 0 Å². The minimum Gasteiger partial charge on any atom is -0.354 e. The van der Waals surface area contributed by atoms with Gasteiger partial charge in [0.1, 0.15) is 11.0 Å². The first-order valence-electron chi connectivity index (χ1n) is 12.8. The zero-order valence-electron chi connectivity index (χ0n) is 21.1. The van der Waals surface area contributed by atoms with Crippen LogP contribution in [0.2, 0.25) is 5.15 Å². The molecule has 9 nitrogen and oxygen atoms in total.